The fourth-order valence-electron chi connectivity index (χ4n) is 3.16. The monoisotopic (exact) mass is 478 g/mol. The molecular weight excluding hydrogens is 455 g/mol. The first-order valence-electron chi connectivity index (χ1n) is 10.6. The van der Waals surface area contributed by atoms with Gasteiger partial charge >= 0.3 is 6.03 Å². The Kier molecular flexibility index (Phi) is 6.98. The average Bonchev–Trinajstić information content (AvgIpc) is 3.48. The largest absolute Gasteiger partial charge is 0.345 e. The van der Waals surface area contributed by atoms with E-state index in [1.165, 1.54) is 28.2 Å². The molecule has 0 bridgehead atoms. The van der Waals surface area contributed by atoms with Gasteiger partial charge in [0.15, 0.2) is 5.82 Å². The predicted octanol–water partition coefficient (Wildman–Crippen LogP) is 4.59. The van der Waals surface area contributed by atoms with Crippen LogP contribution in [-0.4, -0.2) is 32.7 Å². The molecule has 0 atom stereocenters. The molecule has 2 aromatic carbocycles. The highest BCUT2D eigenvalue weighted by Crippen LogP contribution is 2.25. The number of hydrogen-bond acceptors (Lipinski definition) is 5. The second kappa shape index (κ2) is 10.3. The van der Waals surface area contributed by atoms with E-state index in [1.54, 1.807) is 36.4 Å². The lowest BCUT2D eigenvalue weighted by Gasteiger charge is -2.10. The van der Waals surface area contributed by atoms with Crippen LogP contribution in [0.15, 0.2) is 66.0 Å². The molecule has 10 heteroatoms. The van der Waals surface area contributed by atoms with Gasteiger partial charge in [-0.1, -0.05) is 24.3 Å². The highest BCUT2D eigenvalue weighted by atomic mass is 32.1. The van der Waals surface area contributed by atoms with Crippen LogP contribution in [0.2, 0.25) is 0 Å². The van der Waals surface area contributed by atoms with E-state index >= 15 is 0 Å². The molecule has 0 unspecified atom stereocenters. The first kappa shape index (κ1) is 23.1. The Bertz CT molecular complexity index is 1290. The summed E-state index contributed by atoms with van der Waals surface area (Å²) in [6.45, 7) is 4.01. The number of thiophene rings is 1. The van der Waals surface area contributed by atoms with Gasteiger partial charge in [0.05, 0.1) is 10.6 Å². The average molecular weight is 479 g/mol. The van der Waals surface area contributed by atoms with Crippen molar-refractivity contribution in [2.75, 3.05) is 5.32 Å². The number of carbonyl (C=O) groups is 2. The zero-order valence-corrected chi connectivity index (χ0v) is 19.4. The number of hydrogen-bond donors (Lipinski definition) is 3. The minimum absolute atomic E-state index is 0.0173. The minimum Gasteiger partial charge on any atom is -0.345 e. The van der Waals surface area contributed by atoms with Crippen LogP contribution in [0.4, 0.5) is 14.9 Å². The molecule has 0 aliphatic heterocycles. The zero-order chi connectivity index (χ0) is 24.1. The van der Waals surface area contributed by atoms with E-state index in [-0.39, 0.29) is 24.4 Å². The standard InChI is InChI=1S/C24H23FN6O2S/c1-15(2)27-24(33)28-18-10-8-16(9-11-18)14-26-23(32)21-29-22(20-7-4-12-34-20)31(30-21)19-6-3-5-17(25)13-19/h3-13,15H,14H2,1-2H3,(H,26,32)(H2,27,28,33). The second-order valence-corrected chi connectivity index (χ2v) is 8.71. The van der Waals surface area contributed by atoms with Crippen molar-refractivity contribution in [3.63, 3.8) is 0 Å². The molecule has 174 valence electrons. The lowest BCUT2D eigenvalue weighted by molar-refractivity contribution is 0.0940. The fourth-order valence-corrected chi connectivity index (χ4v) is 3.86. The molecule has 0 fully saturated rings. The van der Waals surface area contributed by atoms with Gasteiger partial charge in [0.1, 0.15) is 5.82 Å². The Hall–Kier alpha value is -4.05. The van der Waals surface area contributed by atoms with Crippen molar-refractivity contribution < 1.29 is 14.0 Å². The SMILES string of the molecule is CC(C)NC(=O)Nc1ccc(CNC(=O)c2nc(-c3cccs3)n(-c3cccc(F)c3)n2)cc1. The number of benzene rings is 2. The Morgan fingerprint density at radius 1 is 1.09 bits per heavy atom. The van der Waals surface area contributed by atoms with E-state index in [0.29, 0.717) is 17.2 Å². The molecule has 3 N–H and O–H groups in total. The normalized spacial score (nSPS) is 10.8. The van der Waals surface area contributed by atoms with Crippen molar-refractivity contribution in [3.8, 4) is 16.4 Å². The maximum Gasteiger partial charge on any atom is 0.319 e. The molecule has 0 aliphatic rings. The Morgan fingerprint density at radius 3 is 2.56 bits per heavy atom. The van der Waals surface area contributed by atoms with Crippen molar-refractivity contribution in [3.05, 3.63) is 83.2 Å². The van der Waals surface area contributed by atoms with Crippen LogP contribution < -0.4 is 16.0 Å². The van der Waals surface area contributed by atoms with E-state index in [4.69, 9.17) is 0 Å². The summed E-state index contributed by atoms with van der Waals surface area (Å²) in [5, 5.41) is 14.5. The fraction of sp³-hybridized carbons (Fsp3) is 0.167. The third-order valence-corrected chi connectivity index (χ3v) is 5.56. The molecule has 2 aromatic heterocycles. The molecule has 0 spiro atoms. The summed E-state index contributed by atoms with van der Waals surface area (Å²) in [7, 11) is 0. The van der Waals surface area contributed by atoms with E-state index in [0.717, 1.165) is 10.4 Å². The van der Waals surface area contributed by atoms with Crippen LogP contribution >= 0.6 is 11.3 Å². The number of carbonyl (C=O) groups excluding carboxylic acids is 2. The van der Waals surface area contributed by atoms with Gasteiger partial charge in [-0.3, -0.25) is 4.79 Å². The van der Waals surface area contributed by atoms with E-state index in [2.05, 4.69) is 26.0 Å². The molecule has 0 saturated heterocycles. The highest BCUT2D eigenvalue weighted by Gasteiger charge is 2.19. The van der Waals surface area contributed by atoms with Crippen LogP contribution in [-0.2, 0) is 6.54 Å². The molecule has 0 radical (unpaired) electrons. The summed E-state index contributed by atoms with van der Waals surface area (Å²) in [4.78, 5) is 29.8. The molecule has 2 heterocycles. The summed E-state index contributed by atoms with van der Waals surface area (Å²) < 4.78 is 15.3. The van der Waals surface area contributed by atoms with Gasteiger partial charge in [-0.2, -0.15) is 0 Å². The zero-order valence-electron chi connectivity index (χ0n) is 18.6. The quantitative estimate of drug-likeness (QED) is 0.362. The number of urea groups is 1. The number of halogens is 1. The number of aromatic nitrogens is 3. The van der Waals surface area contributed by atoms with Crippen molar-refractivity contribution in [2.45, 2.75) is 26.4 Å². The Morgan fingerprint density at radius 2 is 1.88 bits per heavy atom. The summed E-state index contributed by atoms with van der Waals surface area (Å²) in [5.74, 6) is -0.417. The predicted molar refractivity (Wildman–Crippen MR) is 130 cm³/mol. The van der Waals surface area contributed by atoms with Crippen molar-refractivity contribution in [1.29, 1.82) is 0 Å². The van der Waals surface area contributed by atoms with Gasteiger partial charge in [-0.15, -0.1) is 16.4 Å². The van der Waals surface area contributed by atoms with E-state index in [1.807, 2.05) is 31.4 Å². The Labute approximate surface area is 199 Å². The molecule has 3 amide bonds. The van der Waals surface area contributed by atoms with Gasteiger partial charge in [0.2, 0.25) is 5.82 Å². The summed E-state index contributed by atoms with van der Waals surface area (Å²) in [6.07, 6.45) is 0. The summed E-state index contributed by atoms with van der Waals surface area (Å²) >= 11 is 1.45. The highest BCUT2D eigenvalue weighted by molar-refractivity contribution is 7.13. The van der Waals surface area contributed by atoms with Crippen molar-refractivity contribution in [2.24, 2.45) is 0 Å². The number of nitrogens with zero attached hydrogens (tertiary/aromatic N) is 3. The first-order chi connectivity index (χ1) is 16.4. The first-order valence-corrected chi connectivity index (χ1v) is 11.5. The van der Waals surface area contributed by atoms with E-state index in [9.17, 15) is 14.0 Å². The minimum atomic E-state index is -0.452. The third-order valence-electron chi connectivity index (χ3n) is 4.69. The molecule has 0 saturated carbocycles. The van der Waals surface area contributed by atoms with Crippen molar-refractivity contribution in [1.82, 2.24) is 25.4 Å². The number of rotatable bonds is 7. The molecule has 34 heavy (non-hydrogen) atoms. The number of anilines is 1. The summed E-state index contributed by atoms with van der Waals surface area (Å²) in [5.41, 5.74) is 1.95. The molecule has 4 aromatic rings. The topological polar surface area (TPSA) is 101 Å². The Balaban J connectivity index is 1.46. The third kappa shape index (κ3) is 5.65. The second-order valence-electron chi connectivity index (χ2n) is 7.76. The van der Waals surface area contributed by atoms with Crippen LogP contribution in [0, 0.1) is 5.82 Å². The van der Waals surface area contributed by atoms with Crippen LogP contribution in [0.25, 0.3) is 16.4 Å². The van der Waals surface area contributed by atoms with Gasteiger partial charge in [0.25, 0.3) is 5.91 Å². The lowest BCUT2D eigenvalue weighted by Crippen LogP contribution is -2.34. The van der Waals surface area contributed by atoms with Gasteiger partial charge in [-0.05, 0) is 61.2 Å². The summed E-state index contributed by atoms with van der Waals surface area (Å²) in [6, 6.07) is 16.6. The molecule has 4 rings (SSSR count). The molecule has 8 nitrogen and oxygen atoms in total. The maximum absolute atomic E-state index is 13.8. The lowest BCUT2D eigenvalue weighted by atomic mass is 10.2. The van der Waals surface area contributed by atoms with Crippen LogP contribution in [0.1, 0.15) is 30.0 Å². The van der Waals surface area contributed by atoms with Crippen molar-refractivity contribution >= 4 is 29.0 Å². The van der Waals surface area contributed by atoms with Crippen LogP contribution in [0.3, 0.4) is 0 Å². The van der Waals surface area contributed by atoms with E-state index < -0.39 is 11.7 Å². The van der Waals surface area contributed by atoms with Gasteiger partial charge in [0, 0.05) is 18.3 Å². The molecular formula is C24H23FN6O2S. The maximum atomic E-state index is 13.8. The van der Waals surface area contributed by atoms with Crippen LogP contribution in [0.5, 0.6) is 0 Å². The smallest absolute Gasteiger partial charge is 0.319 e. The number of nitrogens with one attached hydrogen (secondary N) is 3. The number of amides is 3. The van der Waals surface area contributed by atoms with Gasteiger partial charge < -0.3 is 16.0 Å². The van der Waals surface area contributed by atoms with Gasteiger partial charge in [-0.25, -0.2) is 18.9 Å². The molecule has 0 aliphatic carbocycles.